The Morgan fingerprint density at radius 1 is 0.786 bits per heavy atom. The minimum absolute atomic E-state index is 0. The van der Waals surface area contributed by atoms with Crippen molar-refractivity contribution in [3.05, 3.63) is 88.7 Å². The zero-order valence-corrected chi connectivity index (χ0v) is 16.2. The molecule has 0 unspecified atom stereocenters. The van der Waals surface area contributed by atoms with Crippen LogP contribution in [0.4, 0.5) is 0 Å². The van der Waals surface area contributed by atoms with Crippen molar-refractivity contribution < 1.29 is 36.0 Å². The summed E-state index contributed by atoms with van der Waals surface area (Å²) in [7, 11) is 2.99. The summed E-state index contributed by atoms with van der Waals surface area (Å²) in [6.07, 6.45) is 3.89. The normalized spacial score (nSPS) is 11.9. The molecule has 0 fully saturated rings. The van der Waals surface area contributed by atoms with Crippen molar-refractivity contribution in [3.8, 4) is 11.5 Å². The zero-order chi connectivity index (χ0) is 19.0. The summed E-state index contributed by atoms with van der Waals surface area (Å²) >= 11 is 0. The first-order valence-corrected chi connectivity index (χ1v) is 8.55. The Balaban J connectivity index is 0.00000225. The summed E-state index contributed by atoms with van der Waals surface area (Å²) in [5.74, 6) is 0.334. The van der Waals surface area contributed by atoms with Gasteiger partial charge in [0.05, 0.1) is 25.3 Å². The molecule has 1 aliphatic carbocycles. The van der Waals surface area contributed by atoms with E-state index in [0.717, 1.165) is 5.56 Å². The van der Waals surface area contributed by atoms with E-state index < -0.39 is 0 Å². The minimum atomic E-state index is -0.257. The van der Waals surface area contributed by atoms with Gasteiger partial charge in [-0.2, -0.15) is 0 Å². The summed E-state index contributed by atoms with van der Waals surface area (Å²) in [5, 5.41) is 0. The third kappa shape index (κ3) is 3.14. The van der Waals surface area contributed by atoms with Gasteiger partial charge in [0.15, 0.2) is 24.7 Å². The number of aromatic nitrogens is 1. The van der Waals surface area contributed by atoms with Gasteiger partial charge in [0, 0.05) is 28.8 Å². The van der Waals surface area contributed by atoms with Crippen LogP contribution in [0.3, 0.4) is 0 Å². The van der Waals surface area contributed by atoms with Crippen LogP contribution in [0.2, 0.25) is 0 Å². The maximum atomic E-state index is 13.2. The average Bonchev–Trinajstić information content (AvgIpc) is 2.71. The number of methoxy groups -OCH3 is 2. The number of pyridine rings is 1. The van der Waals surface area contributed by atoms with Crippen LogP contribution >= 0.6 is 0 Å². The topological polar surface area (TPSA) is 56.5 Å². The highest BCUT2D eigenvalue weighted by Gasteiger charge is 2.35. The van der Waals surface area contributed by atoms with E-state index in [0.29, 0.717) is 40.3 Å². The molecule has 0 N–H and O–H groups in total. The quantitative estimate of drug-likeness (QED) is 0.450. The molecule has 1 heterocycles. The Labute approximate surface area is 168 Å². The number of halogens is 1. The van der Waals surface area contributed by atoms with E-state index in [9.17, 15) is 9.59 Å². The lowest BCUT2D eigenvalue weighted by Crippen LogP contribution is -3.00. The number of ketones is 2. The van der Waals surface area contributed by atoms with Crippen molar-refractivity contribution in [1.82, 2.24) is 0 Å². The number of hydrogen-bond donors (Lipinski definition) is 0. The molecule has 2 aromatic carbocycles. The van der Waals surface area contributed by atoms with Gasteiger partial charge < -0.3 is 21.9 Å². The molecule has 0 bridgehead atoms. The molecular formula is C22H18ClNO4. The Bertz CT molecular complexity index is 1060. The molecule has 0 saturated carbocycles. The Kier molecular flexibility index (Phi) is 5.47. The first kappa shape index (κ1) is 19.6. The highest BCUT2D eigenvalue weighted by atomic mass is 35.5. The van der Waals surface area contributed by atoms with Gasteiger partial charge in [0.25, 0.3) is 0 Å². The summed E-state index contributed by atoms with van der Waals surface area (Å²) in [4.78, 5) is 26.3. The molecule has 0 saturated heterocycles. The van der Waals surface area contributed by atoms with Gasteiger partial charge in [-0.3, -0.25) is 9.59 Å². The Morgan fingerprint density at radius 2 is 1.46 bits per heavy atom. The van der Waals surface area contributed by atoms with Crippen LogP contribution in [-0.2, 0) is 6.54 Å². The molecule has 0 radical (unpaired) electrons. The Hall–Kier alpha value is -3.18. The predicted octanol–water partition coefficient (Wildman–Crippen LogP) is -0.181. The lowest BCUT2D eigenvalue weighted by Gasteiger charge is -2.22. The van der Waals surface area contributed by atoms with Crippen LogP contribution in [0, 0.1) is 0 Å². The van der Waals surface area contributed by atoms with Crippen LogP contribution in [0.25, 0.3) is 0 Å². The average molecular weight is 396 g/mol. The van der Waals surface area contributed by atoms with E-state index in [4.69, 9.17) is 9.47 Å². The van der Waals surface area contributed by atoms with Crippen molar-refractivity contribution in [2.45, 2.75) is 6.54 Å². The molecule has 0 atom stereocenters. The van der Waals surface area contributed by atoms with Crippen LogP contribution < -0.4 is 26.4 Å². The number of benzene rings is 2. The number of carbonyl (C=O) groups is 2. The predicted molar refractivity (Wildman–Crippen MR) is 98.6 cm³/mol. The molecule has 0 amide bonds. The molecule has 4 rings (SSSR count). The molecule has 0 spiro atoms. The molecule has 0 aliphatic heterocycles. The maximum absolute atomic E-state index is 13.2. The number of nitrogens with zero attached hydrogens (tertiary/aromatic N) is 1. The largest absolute Gasteiger partial charge is 1.00 e. The fourth-order valence-corrected chi connectivity index (χ4v) is 3.48. The highest BCUT2D eigenvalue weighted by Crippen LogP contribution is 2.37. The van der Waals surface area contributed by atoms with E-state index in [-0.39, 0.29) is 24.0 Å². The molecule has 5 nitrogen and oxygen atoms in total. The van der Waals surface area contributed by atoms with E-state index in [2.05, 4.69) is 0 Å². The van der Waals surface area contributed by atoms with Gasteiger partial charge in [0.2, 0.25) is 5.78 Å². The van der Waals surface area contributed by atoms with Crippen molar-refractivity contribution in [2.24, 2.45) is 0 Å². The van der Waals surface area contributed by atoms with Crippen molar-refractivity contribution >= 4 is 11.6 Å². The van der Waals surface area contributed by atoms with E-state index in [1.807, 2.05) is 41.2 Å². The Morgan fingerprint density at radius 3 is 2.14 bits per heavy atom. The van der Waals surface area contributed by atoms with Crippen molar-refractivity contribution in [3.63, 3.8) is 0 Å². The molecule has 28 heavy (non-hydrogen) atoms. The minimum Gasteiger partial charge on any atom is -1.00 e. The lowest BCUT2D eigenvalue weighted by atomic mass is 9.82. The second-order valence-electron chi connectivity index (χ2n) is 6.31. The van der Waals surface area contributed by atoms with Crippen LogP contribution in [0.1, 0.15) is 37.4 Å². The number of ether oxygens (including phenoxy) is 2. The van der Waals surface area contributed by atoms with E-state index in [1.165, 1.54) is 14.2 Å². The fourth-order valence-electron chi connectivity index (χ4n) is 3.48. The SMILES string of the molecule is COc1cccc2c1C(=O)c1c(OC)cc(C[n+]3ccccc3)cc1C2=O.[Cl-]. The number of carbonyl (C=O) groups excluding carboxylic acids is 2. The summed E-state index contributed by atoms with van der Waals surface area (Å²) < 4.78 is 12.8. The standard InChI is InChI=1S/C22H18NO4.ClH/c1-26-17-8-6-7-15-19(17)22(25)20-16(21(15)24)11-14(12-18(20)27-2)13-23-9-4-3-5-10-23;/h3-12H,13H2,1-2H3;1H/q+1;/p-1. The lowest BCUT2D eigenvalue weighted by molar-refractivity contribution is -0.688. The smallest absolute Gasteiger partial charge is 0.201 e. The van der Waals surface area contributed by atoms with Gasteiger partial charge in [-0.1, -0.05) is 18.2 Å². The summed E-state index contributed by atoms with van der Waals surface area (Å²) in [6.45, 7) is 0.566. The number of fused-ring (bicyclic) bond motifs is 2. The number of hydrogen-bond acceptors (Lipinski definition) is 4. The third-order valence-corrected chi connectivity index (χ3v) is 4.71. The number of rotatable bonds is 4. The van der Waals surface area contributed by atoms with Crippen molar-refractivity contribution in [2.75, 3.05) is 14.2 Å². The zero-order valence-electron chi connectivity index (χ0n) is 15.4. The van der Waals surface area contributed by atoms with Gasteiger partial charge in [-0.15, -0.1) is 0 Å². The molecule has 6 heteroatoms. The molecule has 142 valence electrons. The van der Waals surface area contributed by atoms with Crippen LogP contribution in [-0.4, -0.2) is 25.8 Å². The third-order valence-electron chi connectivity index (χ3n) is 4.71. The van der Waals surface area contributed by atoms with Gasteiger partial charge in [0.1, 0.15) is 11.5 Å². The summed E-state index contributed by atoms with van der Waals surface area (Å²) in [5.41, 5.74) is 2.20. The summed E-state index contributed by atoms with van der Waals surface area (Å²) in [6, 6.07) is 14.5. The van der Waals surface area contributed by atoms with Crippen LogP contribution in [0.5, 0.6) is 11.5 Å². The fraction of sp³-hybridized carbons (Fsp3) is 0.136. The maximum Gasteiger partial charge on any atom is 0.201 e. The molecule has 1 aromatic heterocycles. The first-order valence-electron chi connectivity index (χ1n) is 8.55. The molecular weight excluding hydrogens is 378 g/mol. The van der Waals surface area contributed by atoms with E-state index in [1.54, 1.807) is 24.3 Å². The van der Waals surface area contributed by atoms with Gasteiger partial charge >= 0.3 is 0 Å². The van der Waals surface area contributed by atoms with Gasteiger partial charge in [-0.05, 0) is 18.2 Å². The van der Waals surface area contributed by atoms with E-state index >= 15 is 0 Å². The molecule has 3 aromatic rings. The second kappa shape index (κ2) is 7.82. The van der Waals surface area contributed by atoms with Gasteiger partial charge in [-0.25, -0.2) is 4.57 Å². The second-order valence-corrected chi connectivity index (χ2v) is 6.31. The van der Waals surface area contributed by atoms with Crippen molar-refractivity contribution in [1.29, 1.82) is 0 Å². The first-order chi connectivity index (χ1) is 13.1. The van der Waals surface area contributed by atoms with Crippen LogP contribution in [0.15, 0.2) is 60.9 Å². The highest BCUT2D eigenvalue weighted by molar-refractivity contribution is 6.30. The molecule has 1 aliphatic rings. The monoisotopic (exact) mass is 395 g/mol.